The lowest BCUT2D eigenvalue weighted by atomic mass is 9.96. The highest BCUT2D eigenvalue weighted by Crippen LogP contribution is 2.23. The van der Waals surface area contributed by atoms with E-state index >= 15 is 0 Å². The average Bonchev–Trinajstić information content (AvgIpc) is 2.93. The number of hydrogen-bond donors (Lipinski definition) is 1. The van der Waals surface area contributed by atoms with Crippen LogP contribution in [0.2, 0.25) is 0 Å². The van der Waals surface area contributed by atoms with Crippen LogP contribution in [0.1, 0.15) is 50.3 Å². The summed E-state index contributed by atoms with van der Waals surface area (Å²) >= 11 is 5.18. The van der Waals surface area contributed by atoms with E-state index in [0.717, 1.165) is 16.2 Å². The number of aromatic nitrogens is 2. The molecule has 0 aliphatic heterocycles. The first-order valence-corrected chi connectivity index (χ1v) is 7.79. The van der Waals surface area contributed by atoms with Crippen LogP contribution in [0.3, 0.4) is 0 Å². The van der Waals surface area contributed by atoms with E-state index in [4.69, 9.17) is 4.52 Å². The quantitative estimate of drug-likeness (QED) is 0.909. The van der Waals surface area contributed by atoms with Crippen molar-refractivity contribution in [2.24, 2.45) is 0 Å². The Morgan fingerprint density at radius 3 is 2.68 bits per heavy atom. The monoisotopic (exact) mass is 343 g/mol. The van der Waals surface area contributed by atoms with Gasteiger partial charge in [0.2, 0.25) is 5.89 Å². The molecule has 2 rings (SSSR count). The molecule has 0 radical (unpaired) electrons. The van der Waals surface area contributed by atoms with E-state index in [-0.39, 0.29) is 11.5 Å². The summed E-state index contributed by atoms with van der Waals surface area (Å²) in [5.74, 6) is 1.38. The lowest BCUT2D eigenvalue weighted by Crippen LogP contribution is -2.18. The zero-order chi connectivity index (χ0) is 14.0. The fourth-order valence-electron chi connectivity index (χ4n) is 1.50. The standard InChI is InChI=1S/C13H18BrN3OS/c1-8(15-7-9-5-6-10(14)19-9)11-16-12(17-18-11)13(2,3)4/h5-6,8,15H,7H2,1-4H3. The van der Waals surface area contributed by atoms with E-state index < -0.39 is 0 Å². The van der Waals surface area contributed by atoms with Crippen LogP contribution in [0.15, 0.2) is 20.4 Å². The lowest BCUT2D eigenvalue weighted by Gasteiger charge is -2.11. The summed E-state index contributed by atoms with van der Waals surface area (Å²) in [6, 6.07) is 4.20. The maximum Gasteiger partial charge on any atom is 0.243 e. The second kappa shape index (κ2) is 5.73. The molecule has 0 saturated carbocycles. The van der Waals surface area contributed by atoms with Crippen molar-refractivity contribution < 1.29 is 4.52 Å². The molecule has 6 heteroatoms. The molecule has 0 fully saturated rings. The fraction of sp³-hybridized carbons (Fsp3) is 0.538. The third-order valence-electron chi connectivity index (χ3n) is 2.69. The Bertz CT molecular complexity index is 544. The minimum Gasteiger partial charge on any atom is -0.338 e. The third kappa shape index (κ3) is 3.87. The second-order valence-electron chi connectivity index (χ2n) is 5.51. The molecule has 0 spiro atoms. The molecule has 0 aliphatic carbocycles. The van der Waals surface area contributed by atoms with Crippen LogP contribution in [0.4, 0.5) is 0 Å². The van der Waals surface area contributed by atoms with Gasteiger partial charge in [0.05, 0.1) is 9.83 Å². The molecule has 104 valence electrons. The van der Waals surface area contributed by atoms with Crippen molar-refractivity contribution in [3.63, 3.8) is 0 Å². The van der Waals surface area contributed by atoms with Gasteiger partial charge in [0.1, 0.15) is 0 Å². The van der Waals surface area contributed by atoms with Crippen LogP contribution in [0.25, 0.3) is 0 Å². The molecule has 0 amide bonds. The molecule has 4 nitrogen and oxygen atoms in total. The van der Waals surface area contributed by atoms with Crippen molar-refractivity contribution in [1.82, 2.24) is 15.5 Å². The van der Waals surface area contributed by atoms with Crippen LogP contribution < -0.4 is 5.32 Å². The van der Waals surface area contributed by atoms with Gasteiger partial charge in [-0.2, -0.15) is 4.98 Å². The molecule has 0 saturated heterocycles. The molecule has 1 N–H and O–H groups in total. The van der Waals surface area contributed by atoms with Gasteiger partial charge in [-0.25, -0.2) is 0 Å². The Labute approximate surface area is 125 Å². The highest BCUT2D eigenvalue weighted by atomic mass is 79.9. The largest absolute Gasteiger partial charge is 0.338 e. The average molecular weight is 344 g/mol. The number of thiophene rings is 1. The molecule has 2 heterocycles. The summed E-state index contributed by atoms with van der Waals surface area (Å²) in [5.41, 5.74) is -0.0832. The predicted octanol–water partition coefficient (Wildman–Crippen LogP) is 4.04. The number of halogens is 1. The van der Waals surface area contributed by atoms with E-state index in [1.807, 2.05) is 6.92 Å². The van der Waals surface area contributed by atoms with Gasteiger partial charge in [-0.1, -0.05) is 25.9 Å². The van der Waals surface area contributed by atoms with Gasteiger partial charge in [-0.05, 0) is 35.0 Å². The van der Waals surface area contributed by atoms with Crippen molar-refractivity contribution >= 4 is 27.3 Å². The van der Waals surface area contributed by atoms with Crippen molar-refractivity contribution in [3.8, 4) is 0 Å². The summed E-state index contributed by atoms with van der Waals surface area (Å²) in [4.78, 5) is 5.73. The van der Waals surface area contributed by atoms with Crippen molar-refractivity contribution in [2.75, 3.05) is 0 Å². The van der Waals surface area contributed by atoms with Gasteiger partial charge in [0.25, 0.3) is 0 Å². The van der Waals surface area contributed by atoms with Gasteiger partial charge >= 0.3 is 0 Å². The molecular weight excluding hydrogens is 326 g/mol. The van der Waals surface area contributed by atoms with E-state index in [9.17, 15) is 0 Å². The molecule has 1 atom stereocenters. The van der Waals surface area contributed by atoms with Gasteiger partial charge in [0.15, 0.2) is 5.82 Å². The van der Waals surface area contributed by atoms with Crippen LogP contribution in [-0.2, 0) is 12.0 Å². The first kappa shape index (κ1) is 14.7. The van der Waals surface area contributed by atoms with Gasteiger partial charge in [-0.3, -0.25) is 0 Å². The minimum atomic E-state index is -0.0832. The molecule has 19 heavy (non-hydrogen) atoms. The summed E-state index contributed by atoms with van der Waals surface area (Å²) in [6.45, 7) is 9.04. The highest BCUT2D eigenvalue weighted by Gasteiger charge is 2.22. The molecule has 0 aliphatic rings. The summed E-state index contributed by atoms with van der Waals surface area (Å²) < 4.78 is 6.46. The Hall–Kier alpha value is -0.720. The zero-order valence-electron chi connectivity index (χ0n) is 11.5. The summed E-state index contributed by atoms with van der Waals surface area (Å²) in [6.07, 6.45) is 0. The zero-order valence-corrected chi connectivity index (χ0v) is 13.9. The normalized spacial score (nSPS) is 13.7. The van der Waals surface area contributed by atoms with Gasteiger partial charge < -0.3 is 9.84 Å². The van der Waals surface area contributed by atoms with E-state index in [1.54, 1.807) is 11.3 Å². The topological polar surface area (TPSA) is 51.0 Å². The Balaban J connectivity index is 1.96. The molecule has 0 aromatic carbocycles. The first-order valence-electron chi connectivity index (χ1n) is 6.18. The maximum atomic E-state index is 5.32. The van der Waals surface area contributed by atoms with Crippen LogP contribution in [-0.4, -0.2) is 10.1 Å². The fourth-order valence-corrected chi connectivity index (χ4v) is 2.94. The third-order valence-corrected chi connectivity index (χ3v) is 4.32. The highest BCUT2D eigenvalue weighted by molar-refractivity contribution is 9.11. The number of hydrogen-bond acceptors (Lipinski definition) is 5. The first-order chi connectivity index (χ1) is 8.86. The SMILES string of the molecule is CC(NCc1ccc(Br)s1)c1nc(C(C)(C)C)no1. The maximum absolute atomic E-state index is 5.32. The van der Waals surface area contributed by atoms with E-state index in [2.05, 4.69) is 64.3 Å². The van der Waals surface area contributed by atoms with Gasteiger partial charge in [0, 0.05) is 16.8 Å². The van der Waals surface area contributed by atoms with Gasteiger partial charge in [-0.15, -0.1) is 11.3 Å². The second-order valence-corrected chi connectivity index (χ2v) is 8.06. The lowest BCUT2D eigenvalue weighted by molar-refractivity contribution is 0.331. The van der Waals surface area contributed by atoms with E-state index in [1.165, 1.54) is 4.88 Å². The molecule has 0 bridgehead atoms. The van der Waals surface area contributed by atoms with Crippen molar-refractivity contribution in [3.05, 3.63) is 32.5 Å². The van der Waals surface area contributed by atoms with Crippen LogP contribution in [0.5, 0.6) is 0 Å². The Morgan fingerprint density at radius 2 is 2.16 bits per heavy atom. The summed E-state index contributed by atoms with van der Waals surface area (Å²) in [7, 11) is 0. The number of nitrogens with zero attached hydrogens (tertiary/aromatic N) is 2. The summed E-state index contributed by atoms with van der Waals surface area (Å²) in [5, 5.41) is 7.42. The minimum absolute atomic E-state index is 0.0458. The Kier molecular flexibility index (Phi) is 4.43. The molecule has 2 aromatic rings. The predicted molar refractivity (Wildman–Crippen MR) is 80.3 cm³/mol. The molecule has 2 aromatic heterocycles. The molecular formula is C13H18BrN3OS. The molecule has 1 unspecified atom stereocenters. The smallest absolute Gasteiger partial charge is 0.243 e. The Morgan fingerprint density at radius 1 is 1.42 bits per heavy atom. The van der Waals surface area contributed by atoms with Crippen LogP contribution >= 0.6 is 27.3 Å². The number of nitrogens with one attached hydrogen (secondary N) is 1. The van der Waals surface area contributed by atoms with E-state index in [0.29, 0.717) is 5.89 Å². The van der Waals surface area contributed by atoms with Crippen molar-refractivity contribution in [1.29, 1.82) is 0 Å². The number of rotatable bonds is 4. The van der Waals surface area contributed by atoms with Crippen molar-refractivity contribution in [2.45, 2.75) is 45.7 Å². The van der Waals surface area contributed by atoms with Crippen LogP contribution in [0, 0.1) is 0 Å².